The van der Waals surface area contributed by atoms with Gasteiger partial charge >= 0.3 is 0 Å². The third-order valence-electron chi connectivity index (χ3n) is 4.65. The molecule has 0 atom stereocenters. The topological polar surface area (TPSA) is 69.3 Å². The Bertz CT molecular complexity index is 654. The maximum absolute atomic E-state index is 12.5. The average Bonchev–Trinajstić information content (AvgIpc) is 2.53. The van der Waals surface area contributed by atoms with Crippen molar-refractivity contribution < 1.29 is 4.79 Å². The van der Waals surface area contributed by atoms with Crippen LogP contribution in [0, 0.1) is 5.41 Å². The van der Waals surface area contributed by atoms with E-state index in [1.807, 2.05) is 25.7 Å². The predicted molar refractivity (Wildman–Crippen MR) is 89.5 cm³/mol. The van der Waals surface area contributed by atoms with Gasteiger partial charge in [-0.25, -0.2) is 4.98 Å². The third kappa shape index (κ3) is 3.26. The minimum absolute atomic E-state index is 0.0431. The summed E-state index contributed by atoms with van der Waals surface area (Å²) in [5.41, 5.74) is 1.05. The van der Waals surface area contributed by atoms with Crippen LogP contribution in [0.15, 0.2) is 4.79 Å². The van der Waals surface area contributed by atoms with E-state index in [-0.39, 0.29) is 11.5 Å². The molecule has 0 spiro atoms. The summed E-state index contributed by atoms with van der Waals surface area (Å²) in [6.45, 7) is 8.69. The van der Waals surface area contributed by atoms with Gasteiger partial charge < -0.3 is 9.80 Å². The second kappa shape index (κ2) is 5.98. The Morgan fingerprint density at radius 3 is 2.48 bits per heavy atom. The van der Waals surface area contributed by atoms with E-state index in [9.17, 15) is 9.59 Å². The van der Waals surface area contributed by atoms with Gasteiger partial charge in [0, 0.05) is 30.6 Å². The number of rotatable bonds is 1. The van der Waals surface area contributed by atoms with E-state index in [0.717, 1.165) is 37.2 Å². The molecule has 1 saturated heterocycles. The van der Waals surface area contributed by atoms with Crippen LogP contribution in [-0.2, 0) is 17.8 Å². The van der Waals surface area contributed by atoms with Crippen molar-refractivity contribution in [3.8, 4) is 0 Å². The van der Waals surface area contributed by atoms with Crippen LogP contribution in [0.25, 0.3) is 0 Å². The fourth-order valence-electron chi connectivity index (χ4n) is 3.33. The summed E-state index contributed by atoms with van der Waals surface area (Å²) in [6, 6.07) is 0. The molecule has 0 aromatic carbocycles. The lowest BCUT2D eigenvalue weighted by atomic mass is 9.93. The zero-order valence-electron chi connectivity index (χ0n) is 14.3. The van der Waals surface area contributed by atoms with Gasteiger partial charge in [-0.3, -0.25) is 14.6 Å². The molecule has 0 saturated carbocycles. The van der Waals surface area contributed by atoms with Crippen molar-refractivity contribution in [2.24, 2.45) is 5.41 Å². The van der Waals surface area contributed by atoms with Gasteiger partial charge in [-0.1, -0.05) is 20.8 Å². The van der Waals surface area contributed by atoms with Crippen molar-refractivity contribution in [3.05, 3.63) is 21.6 Å². The zero-order chi connectivity index (χ0) is 16.6. The average molecular weight is 318 g/mol. The van der Waals surface area contributed by atoms with Crippen molar-refractivity contribution in [1.82, 2.24) is 14.9 Å². The molecule has 1 aromatic heterocycles. The first-order chi connectivity index (χ1) is 10.9. The minimum atomic E-state index is -0.408. The van der Waals surface area contributed by atoms with Gasteiger partial charge in [-0.2, -0.15) is 0 Å². The van der Waals surface area contributed by atoms with Crippen LogP contribution in [0.5, 0.6) is 0 Å². The van der Waals surface area contributed by atoms with E-state index in [4.69, 9.17) is 0 Å². The number of H-pyrrole nitrogens is 1. The summed E-state index contributed by atoms with van der Waals surface area (Å²) < 4.78 is 0. The predicted octanol–water partition coefficient (Wildman–Crippen LogP) is 1.69. The van der Waals surface area contributed by atoms with Gasteiger partial charge in [-0.15, -0.1) is 0 Å². The third-order valence-corrected chi connectivity index (χ3v) is 4.65. The summed E-state index contributed by atoms with van der Waals surface area (Å²) in [7, 11) is 0. The monoisotopic (exact) mass is 318 g/mol. The fraction of sp³-hybridized carbons (Fsp3) is 0.706. The molecule has 3 rings (SSSR count). The van der Waals surface area contributed by atoms with Crippen LogP contribution in [0.2, 0.25) is 0 Å². The molecule has 0 unspecified atom stereocenters. The molecule has 0 radical (unpaired) electrons. The highest BCUT2D eigenvalue weighted by Crippen LogP contribution is 2.23. The van der Waals surface area contributed by atoms with Crippen molar-refractivity contribution in [3.63, 3.8) is 0 Å². The maximum atomic E-state index is 12.5. The number of fused-ring (bicyclic) bond motifs is 1. The first kappa shape index (κ1) is 16.0. The summed E-state index contributed by atoms with van der Waals surface area (Å²) in [4.78, 5) is 36.5. The number of hydrogen-bond acceptors (Lipinski definition) is 4. The normalized spacial score (nSPS) is 18.7. The molecule has 1 aromatic rings. The van der Waals surface area contributed by atoms with Gasteiger partial charge in [0.2, 0.25) is 11.9 Å². The lowest BCUT2D eigenvalue weighted by molar-refractivity contribution is -0.140. The first-order valence-electron chi connectivity index (χ1n) is 8.52. The molecular weight excluding hydrogens is 292 g/mol. The molecule has 6 heteroatoms. The van der Waals surface area contributed by atoms with E-state index < -0.39 is 5.41 Å². The number of amides is 1. The van der Waals surface area contributed by atoms with Gasteiger partial charge in [-0.05, 0) is 25.7 Å². The van der Waals surface area contributed by atoms with Gasteiger partial charge in [0.1, 0.15) is 0 Å². The molecule has 1 amide bonds. The smallest absolute Gasteiger partial charge is 0.255 e. The molecular formula is C17H26N4O2. The van der Waals surface area contributed by atoms with E-state index in [0.29, 0.717) is 25.5 Å². The molecule has 1 fully saturated rings. The van der Waals surface area contributed by atoms with Crippen LogP contribution >= 0.6 is 0 Å². The molecule has 126 valence electrons. The summed E-state index contributed by atoms with van der Waals surface area (Å²) >= 11 is 0. The van der Waals surface area contributed by atoms with Crippen LogP contribution in [0.3, 0.4) is 0 Å². The Morgan fingerprint density at radius 1 is 1.13 bits per heavy atom. The summed E-state index contributed by atoms with van der Waals surface area (Å²) in [6.07, 6.45) is 4.09. The van der Waals surface area contributed by atoms with Crippen LogP contribution < -0.4 is 10.5 Å². The SMILES string of the molecule is CC(C)(C)C(=O)N1CCc2c(nc(N3CCCCC3)[nH]c2=O)C1. The van der Waals surface area contributed by atoms with Crippen LogP contribution in [0.4, 0.5) is 5.95 Å². The van der Waals surface area contributed by atoms with E-state index >= 15 is 0 Å². The number of aromatic amines is 1. The molecule has 2 aliphatic rings. The van der Waals surface area contributed by atoms with Gasteiger partial charge in [0.25, 0.3) is 5.56 Å². The van der Waals surface area contributed by atoms with E-state index in [2.05, 4.69) is 14.9 Å². The Hall–Kier alpha value is -1.85. The van der Waals surface area contributed by atoms with Gasteiger partial charge in [0.15, 0.2) is 0 Å². The molecule has 6 nitrogen and oxygen atoms in total. The number of hydrogen-bond donors (Lipinski definition) is 1. The number of carbonyl (C=O) groups is 1. The number of nitrogens with one attached hydrogen (secondary N) is 1. The summed E-state index contributed by atoms with van der Waals surface area (Å²) in [5, 5.41) is 0. The number of anilines is 1. The molecule has 0 aliphatic carbocycles. The quantitative estimate of drug-likeness (QED) is 0.855. The van der Waals surface area contributed by atoms with Crippen LogP contribution in [-0.4, -0.2) is 40.4 Å². The van der Waals surface area contributed by atoms with Crippen molar-refractivity contribution >= 4 is 11.9 Å². The molecule has 0 bridgehead atoms. The van der Waals surface area contributed by atoms with Crippen molar-refractivity contribution in [2.45, 2.75) is 53.0 Å². The van der Waals surface area contributed by atoms with Crippen molar-refractivity contribution in [2.75, 3.05) is 24.5 Å². The molecule has 2 aliphatic heterocycles. The molecule has 1 N–H and O–H groups in total. The minimum Gasteiger partial charge on any atom is -0.342 e. The Labute approximate surface area is 136 Å². The van der Waals surface area contributed by atoms with Crippen molar-refractivity contribution in [1.29, 1.82) is 0 Å². The number of nitrogens with zero attached hydrogens (tertiary/aromatic N) is 3. The van der Waals surface area contributed by atoms with Crippen LogP contribution in [0.1, 0.15) is 51.3 Å². The maximum Gasteiger partial charge on any atom is 0.255 e. The van der Waals surface area contributed by atoms with E-state index in [1.54, 1.807) is 0 Å². The fourth-order valence-corrected chi connectivity index (χ4v) is 3.33. The summed E-state index contributed by atoms with van der Waals surface area (Å²) in [5.74, 6) is 0.781. The lowest BCUT2D eigenvalue weighted by Gasteiger charge is -2.33. The molecule has 23 heavy (non-hydrogen) atoms. The van der Waals surface area contributed by atoms with Gasteiger partial charge in [0.05, 0.1) is 12.2 Å². The Kier molecular flexibility index (Phi) is 4.17. The highest BCUT2D eigenvalue weighted by atomic mass is 16.2. The van der Waals surface area contributed by atoms with E-state index in [1.165, 1.54) is 6.42 Å². The highest BCUT2D eigenvalue weighted by molar-refractivity contribution is 5.81. The standard InChI is InChI=1S/C17H26N4O2/c1-17(2,3)15(23)21-10-7-12-13(11-21)18-16(19-14(12)22)20-8-5-4-6-9-20/h4-11H2,1-3H3,(H,18,19,22). The highest BCUT2D eigenvalue weighted by Gasteiger charge is 2.31. The Morgan fingerprint density at radius 2 is 1.83 bits per heavy atom. The first-order valence-corrected chi connectivity index (χ1v) is 8.52. The largest absolute Gasteiger partial charge is 0.342 e. The Balaban J connectivity index is 1.87. The second-order valence-electron chi connectivity index (χ2n) is 7.59. The second-order valence-corrected chi connectivity index (χ2v) is 7.59. The molecule has 3 heterocycles. The number of carbonyl (C=O) groups excluding carboxylic acids is 1. The number of piperidine rings is 1. The zero-order valence-corrected chi connectivity index (χ0v) is 14.3. The number of aromatic nitrogens is 2. The lowest BCUT2D eigenvalue weighted by Crippen LogP contribution is -2.44.